The monoisotopic (exact) mass is 356 g/mol. The van der Waals surface area contributed by atoms with E-state index >= 15 is 0 Å². The molecule has 0 bridgehead atoms. The van der Waals surface area contributed by atoms with Crippen molar-refractivity contribution in [1.29, 1.82) is 0 Å². The molecule has 2 N–H and O–H groups in total. The van der Waals surface area contributed by atoms with Gasteiger partial charge < -0.3 is 14.9 Å². The average molecular weight is 356 g/mol. The Morgan fingerprint density at radius 3 is 1.72 bits per heavy atom. The fourth-order valence-electron chi connectivity index (χ4n) is 2.47. The van der Waals surface area contributed by atoms with Crippen LogP contribution in [0.2, 0.25) is 0 Å². The molecule has 0 saturated carbocycles. The predicted octanol–water partition coefficient (Wildman–Crippen LogP) is 4.33. The average Bonchev–Trinajstić information content (AvgIpc) is 2.54. The van der Waals surface area contributed by atoms with Crippen LogP contribution in [0.3, 0.4) is 0 Å². The zero-order valence-corrected chi connectivity index (χ0v) is 15.3. The van der Waals surface area contributed by atoms with Crippen molar-refractivity contribution in [1.82, 2.24) is 0 Å². The third-order valence-electron chi connectivity index (χ3n) is 3.90. The lowest BCUT2D eigenvalue weighted by Gasteiger charge is -2.04. The minimum Gasteiger partial charge on any atom is -0.481 e. The maximum absolute atomic E-state index is 11.5. The molecule has 0 aromatic rings. The number of carboxylic acids is 2. The van der Waals surface area contributed by atoms with Crippen molar-refractivity contribution in [2.24, 2.45) is 0 Å². The summed E-state index contributed by atoms with van der Waals surface area (Å²) in [6, 6.07) is 0. The summed E-state index contributed by atoms with van der Waals surface area (Å²) in [7, 11) is 0. The van der Waals surface area contributed by atoms with Gasteiger partial charge in [-0.05, 0) is 6.42 Å². The highest BCUT2D eigenvalue weighted by Crippen LogP contribution is 2.11. The van der Waals surface area contributed by atoms with Gasteiger partial charge in [-0.3, -0.25) is 4.79 Å². The third kappa shape index (κ3) is 15.4. The van der Waals surface area contributed by atoms with Gasteiger partial charge in [0.2, 0.25) is 0 Å². The van der Waals surface area contributed by atoms with Crippen LogP contribution in [0.4, 0.5) is 0 Å². The second-order valence-corrected chi connectivity index (χ2v) is 6.25. The number of carboxylic acid groups (broad SMARTS) is 2. The minimum absolute atomic E-state index is 0.228. The first-order valence-electron chi connectivity index (χ1n) is 9.29. The van der Waals surface area contributed by atoms with Crippen molar-refractivity contribution < 1.29 is 29.3 Å². The molecule has 0 radical (unpaired) electrons. The molecule has 0 atom stereocenters. The van der Waals surface area contributed by atoms with Crippen molar-refractivity contribution in [3.63, 3.8) is 0 Å². The predicted molar refractivity (Wildman–Crippen MR) is 95.4 cm³/mol. The van der Waals surface area contributed by atoms with Crippen LogP contribution in [0.25, 0.3) is 0 Å². The maximum Gasteiger partial charge on any atom is 0.332 e. The molecule has 0 heterocycles. The molecule has 0 rings (SSSR count). The molecular weight excluding hydrogens is 324 g/mol. The van der Waals surface area contributed by atoms with Crippen LogP contribution >= 0.6 is 0 Å². The number of hydrogen-bond donors (Lipinski definition) is 2. The lowest BCUT2D eigenvalue weighted by molar-refractivity contribution is -0.140. The van der Waals surface area contributed by atoms with E-state index in [1.54, 1.807) is 0 Å². The number of aliphatic carboxylic acids is 2. The third-order valence-corrected chi connectivity index (χ3v) is 3.90. The van der Waals surface area contributed by atoms with E-state index in [2.05, 4.69) is 6.92 Å². The van der Waals surface area contributed by atoms with Crippen molar-refractivity contribution in [2.45, 2.75) is 84.0 Å². The first-order valence-corrected chi connectivity index (χ1v) is 9.29. The lowest BCUT2D eigenvalue weighted by atomic mass is 10.1. The van der Waals surface area contributed by atoms with Gasteiger partial charge >= 0.3 is 17.9 Å². The van der Waals surface area contributed by atoms with Crippen molar-refractivity contribution in [3.8, 4) is 0 Å². The summed E-state index contributed by atoms with van der Waals surface area (Å²) in [6.45, 7) is 2.45. The Bertz CT molecular complexity index is 428. The fraction of sp³-hybridized carbons (Fsp3) is 0.737. The number of ether oxygens (including phenoxy) is 1. The number of rotatable bonds is 16. The maximum atomic E-state index is 11.5. The number of carbonyl (C=O) groups is 3. The van der Waals surface area contributed by atoms with E-state index in [0.29, 0.717) is 0 Å². The molecule has 0 aromatic carbocycles. The Balaban J connectivity index is 3.62. The van der Waals surface area contributed by atoms with Crippen LogP contribution in [0, 0.1) is 0 Å². The molecule has 0 amide bonds. The van der Waals surface area contributed by atoms with Crippen LogP contribution < -0.4 is 0 Å². The van der Waals surface area contributed by atoms with E-state index in [4.69, 9.17) is 14.9 Å². The Morgan fingerprint density at radius 1 is 0.800 bits per heavy atom. The summed E-state index contributed by atoms with van der Waals surface area (Å²) in [4.78, 5) is 32.8. The molecule has 0 aliphatic rings. The first kappa shape index (κ1) is 23.1. The molecule has 0 aliphatic heterocycles. The molecule has 0 fully saturated rings. The van der Waals surface area contributed by atoms with Gasteiger partial charge in [-0.15, -0.1) is 0 Å². The molecule has 0 spiro atoms. The Kier molecular flexibility index (Phi) is 14.5. The summed E-state index contributed by atoms with van der Waals surface area (Å²) in [5.74, 6) is -3.52. The van der Waals surface area contributed by atoms with Gasteiger partial charge in [0.25, 0.3) is 0 Å². The molecule has 0 saturated heterocycles. The molecule has 0 aliphatic carbocycles. The zero-order valence-electron chi connectivity index (χ0n) is 15.3. The van der Waals surface area contributed by atoms with Gasteiger partial charge in [-0.25, -0.2) is 9.59 Å². The fourth-order valence-corrected chi connectivity index (χ4v) is 2.47. The van der Waals surface area contributed by atoms with Gasteiger partial charge in [0, 0.05) is 6.08 Å². The van der Waals surface area contributed by atoms with Gasteiger partial charge in [0.15, 0.2) is 0 Å². The second-order valence-electron chi connectivity index (χ2n) is 6.25. The highest BCUT2D eigenvalue weighted by atomic mass is 16.5. The van der Waals surface area contributed by atoms with E-state index in [1.165, 1.54) is 51.4 Å². The quantitative estimate of drug-likeness (QED) is 0.242. The SMILES string of the molecule is CCCCCCCCCCCCCOC(=O)C=C(CC(=O)O)C(=O)O. The number of hydrogen-bond acceptors (Lipinski definition) is 4. The summed E-state index contributed by atoms with van der Waals surface area (Å²) in [5, 5.41) is 17.4. The number of unbranched alkanes of at least 4 members (excludes halogenated alkanes) is 10. The van der Waals surface area contributed by atoms with Crippen LogP contribution in [-0.2, 0) is 19.1 Å². The molecule has 144 valence electrons. The Labute approximate surface area is 150 Å². The first-order chi connectivity index (χ1) is 12.0. The minimum atomic E-state index is -1.42. The zero-order chi connectivity index (χ0) is 18.9. The highest BCUT2D eigenvalue weighted by molar-refractivity contribution is 5.98. The molecular formula is C19H32O6. The Hall–Kier alpha value is -1.85. The van der Waals surface area contributed by atoms with E-state index in [0.717, 1.165) is 25.3 Å². The molecule has 6 heteroatoms. The van der Waals surface area contributed by atoms with Crippen molar-refractivity contribution in [3.05, 3.63) is 11.6 Å². The second kappa shape index (κ2) is 15.7. The molecule has 6 nitrogen and oxygen atoms in total. The summed E-state index contributed by atoms with van der Waals surface area (Å²) in [5.41, 5.74) is -0.476. The largest absolute Gasteiger partial charge is 0.481 e. The Morgan fingerprint density at radius 2 is 1.28 bits per heavy atom. The van der Waals surface area contributed by atoms with Crippen LogP contribution in [-0.4, -0.2) is 34.7 Å². The van der Waals surface area contributed by atoms with Gasteiger partial charge in [-0.2, -0.15) is 0 Å². The lowest BCUT2D eigenvalue weighted by Crippen LogP contribution is -2.11. The summed E-state index contributed by atoms with van der Waals surface area (Å²) < 4.78 is 4.92. The van der Waals surface area contributed by atoms with Crippen molar-refractivity contribution >= 4 is 17.9 Å². The standard InChI is InChI=1S/C19H32O6/c1-2-3-4-5-6-7-8-9-10-11-12-13-25-18(22)15-16(19(23)24)14-17(20)21/h15H,2-14H2,1H3,(H,20,21)(H,23,24). The van der Waals surface area contributed by atoms with Gasteiger partial charge in [0.05, 0.1) is 18.6 Å². The molecule has 0 unspecified atom stereocenters. The van der Waals surface area contributed by atoms with Crippen LogP contribution in [0.5, 0.6) is 0 Å². The van der Waals surface area contributed by atoms with Crippen molar-refractivity contribution in [2.75, 3.05) is 6.61 Å². The van der Waals surface area contributed by atoms with E-state index in [9.17, 15) is 14.4 Å². The normalized spacial score (nSPS) is 11.3. The summed E-state index contributed by atoms with van der Waals surface area (Å²) >= 11 is 0. The van der Waals surface area contributed by atoms with E-state index in [1.807, 2.05) is 0 Å². The smallest absolute Gasteiger partial charge is 0.332 e. The topological polar surface area (TPSA) is 101 Å². The van der Waals surface area contributed by atoms with Crippen LogP contribution in [0.15, 0.2) is 11.6 Å². The summed E-state index contributed by atoms with van der Waals surface area (Å²) in [6.07, 6.45) is 13.1. The highest BCUT2D eigenvalue weighted by Gasteiger charge is 2.14. The van der Waals surface area contributed by atoms with Gasteiger partial charge in [0.1, 0.15) is 0 Å². The van der Waals surface area contributed by atoms with E-state index in [-0.39, 0.29) is 6.61 Å². The van der Waals surface area contributed by atoms with E-state index < -0.39 is 29.9 Å². The number of esters is 1. The number of carbonyl (C=O) groups excluding carboxylic acids is 1. The van der Waals surface area contributed by atoms with Crippen LogP contribution in [0.1, 0.15) is 84.0 Å². The molecule has 0 aromatic heterocycles. The molecule has 25 heavy (non-hydrogen) atoms. The van der Waals surface area contributed by atoms with Gasteiger partial charge in [-0.1, -0.05) is 71.1 Å².